The Hall–Kier alpha value is -3.77. The van der Waals surface area contributed by atoms with Crippen LogP contribution in [0, 0.1) is 32.1 Å². The summed E-state index contributed by atoms with van der Waals surface area (Å²) >= 11 is 5.85. The number of aryl methyl sites for hydroxylation is 1. The summed E-state index contributed by atoms with van der Waals surface area (Å²) in [6, 6.07) is 5.60. The number of carbonyl (C=O) groups excluding carboxylic acids is 2. The molecule has 0 radical (unpaired) electrons. The average Bonchev–Trinajstić information content (AvgIpc) is 3.33. The van der Waals surface area contributed by atoms with E-state index in [1.165, 1.54) is 12.5 Å². The summed E-state index contributed by atoms with van der Waals surface area (Å²) in [6.45, 7) is 4.82. The second-order valence-corrected chi connectivity index (χ2v) is 7.18. The van der Waals surface area contributed by atoms with Crippen molar-refractivity contribution >= 4 is 29.3 Å². The molecule has 0 atom stereocenters. The van der Waals surface area contributed by atoms with Crippen molar-refractivity contribution in [3.8, 4) is 6.07 Å². The Labute approximate surface area is 182 Å². The Morgan fingerprint density at radius 2 is 2.10 bits per heavy atom. The van der Waals surface area contributed by atoms with Crippen LogP contribution in [0.5, 0.6) is 0 Å². The van der Waals surface area contributed by atoms with E-state index in [9.17, 15) is 19.6 Å². The highest BCUT2D eigenvalue weighted by Gasteiger charge is 2.22. The molecule has 3 aromatic rings. The number of pyridine rings is 1. The van der Waals surface area contributed by atoms with Crippen LogP contribution in [0.25, 0.3) is 0 Å². The van der Waals surface area contributed by atoms with Crippen LogP contribution in [0.4, 0.5) is 5.82 Å². The zero-order chi connectivity index (χ0) is 22.7. The number of hydrogen-bond acceptors (Lipinski definition) is 6. The Morgan fingerprint density at radius 3 is 2.74 bits per heavy atom. The van der Waals surface area contributed by atoms with E-state index in [1.807, 2.05) is 6.92 Å². The standard InChI is InChI=1S/C21H19ClN4O5/c1-11-13(3)26(9-14-5-4-6-30-14)20(15(11)7-23)25-17(27)10-31-21(29)16-8-24-12(2)18(22)19(16)28/h4-6,8H,9-10H2,1-3H3,(H,24,28)(H,25,27). The number of halogens is 1. The molecule has 2 N–H and O–H groups in total. The molecule has 10 heteroatoms. The van der Waals surface area contributed by atoms with Gasteiger partial charge in [0.1, 0.15) is 28.2 Å². The SMILES string of the molecule is Cc1[nH]cc(C(=O)OCC(=O)Nc2c(C#N)c(C)c(C)n2Cc2ccco2)c(=O)c1Cl. The van der Waals surface area contributed by atoms with Crippen LogP contribution in [-0.2, 0) is 16.1 Å². The molecule has 3 rings (SSSR count). The van der Waals surface area contributed by atoms with E-state index in [4.69, 9.17) is 20.8 Å². The third-order valence-electron chi connectivity index (χ3n) is 4.85. The van der Waals surface area contributed by atoms with Crippen LogP contribution >= 0.6 is 11.6 Å². The third kappa shape index (κ3) is 4.39. The molecule has 0 saturated carbocycles. The van der Waals surface area contributed by atoms with E-state index in [0.29, 0.717) is 29.1 Å². The molecule has 3 aromatic heterocycles. The zero-order valence-electron chi connectivity index (χ0n) is 17.0. The molecule has 31 heavy (non-hydrogen) atoms. The maximum Gasteiger partial charge on any atom is 0.344 e. The first kappa shape index (κ1) is 21.9. The molecule has 0 aliphatic rings. The van der Waals surface area contributed by atoms with Gasteiger partial charge in [0.15, 0.2) is 6.61 Å². The lowest BCUT2D eigenvalue weighted by Crippen LogP contribution is -2.25. The molecule has 0 unspecified atom stereocenters. The summed E-state index contributed by atoms with van der Waals surface area (Å²) in [5, 5.41) is 12.0. The lowest BCUT2D eigenvalue weighted by molar-refractivity contribution is -0.119. The van der Waals surface area contributed by atoms with Gasteiger partial charge in [0.05, 0.1) is 18.4 Å². The molecule has 1 amide bonds. The number of nitrogens with one attached hydrogen (secondary N) is 2. The number of hydrogen-bond donors (Lipinski definition) is 2. The number of ether oxygens (including phenoxy) is 1. The fraction of sp³-hybridized carbons (Fsp3) is 0.238. The second-order valence-electron chi connectivity index (χ2n) is 6.81. The molecule has 3 heterocycles. The normalized spacial score (nSPS) is 10.5. The second kappa shape index (κ2) is 8.93. The topological polar surface area (TPSA) is 130 Å². The van der Waals surface area contributed by atoms with Crippen LogP contribution in [0.3, 0.4) is 0 Å². The molecule has 0 fully saturated rings. The molecule has 0 aliphatic carbocycles. The van der Waals surface area contributed by atoms with Gasteiger partial charge >= 0.3 is 5.97 Å². The van der Waals surface area contributed by atoms with E-state index >= 15 is 0 Å². The number of H-pyrrole nitrogens is 1. The fourth-order valence-electron chi connectivity index (χ4n) is 3.01. The maximum absolute atomic E-state index is 12.5. The van der Waals surface area contributed by atoms with E-state index in [-0.39, 0.29) is 16.4 Å². The minimum absolute atomic E-state index is 0.126. The number of nitrogens with zero attached hydrogens (tertiary/aromatic N) is 2. The van der Waals surface area contributed by atoms with Crippen LogP contribution in [0.1, 0.15) is 38.6 Å². The Bertz CT molecular complexity index is 1250. The number of esters is 1. The summed E-state index contributed by atoms with van der Waals surface area (Å²) < 4.78 is 12.1. The van der Waals surface area contributed by atoms with Gasteiger partial charge in [0.25, 0.3) is 5.91 Å². The van der Waals surface area contributed by atoms with Gasteiger partial charge in [-0.2, -0.15) is 5.26 Å². The maximum atomic E-state index is 12.5. The third-order valence-corrected chi connectivity index (χ3v) is 5.31. The van der Waals surface area contributed by atoms with E-state index in [2.05, 4.69) is 16.4 Å². The number of carbonyl (C=O) groups is 2. The highest BCUT2D eigenvalue weighted by molar-refractivity contribution is 6.31. The van der Waals surface area contributed by atoms with Crippen molar-refractivity contribution in [3.05, 3.63) is 73.7 Å². The van der Waals surface area contributed by atoms with Crippen LogP contribution in [0.2, 0.25) is 5.02 Å². The molecular weight excluding hydrogens is 424 g/mol. The van der Waals surface area contributed by atoms with Crippen molar-refractivity contribution in [1.82, 2.24) is 9.55 Å². The first-order valence-corrected chi connectivity index (χ1v) is 9.59. The van der Waals surface area contributed by atoms with Gasteiger partial charge in [-0.3, -0.25) is 9.59 Å². The fourth-order valence-corrected chi connectivity index (χ4v) is 3.17. The molecule has 160 valence electrons. The average molecular weight is 443 g/mol. The minimum Gasteiger partial charge on any atom is -0.467 e. The number of furan rings is 1. The number of aromatic nitrogens is 2. The van der Waals surface area contributed by atoms with Gasteiger partial charge < -0.3 is 24.0 Å². The van der Waals surface area contributed by atoms with Crippen molar-refractivity contribution in [2.45, 2.75) is 27.3 Å². The Morgan fingerprint density at radius 1 is 1.35 bits per heavy atom. The smallest absolute Gasteiger partial charge is 0.344 e. The quantitative estimate of drug-likeness (QED) is 0.564. The van der Waals surface area contributed by atoms with Crippen molar-refractivity contribution in [1.29, 1.82) is 5.26 Å². The molecule has 0 spiro atoms. The van der Waals surface area contributed by atoms with Gasteiger partial charge in [0, 0.05) is 17.6 Å². The highest BCUT2D eigenvalue weighted by Crippen LogP contribution is 2.27. The minimum atomic E-state index is -0.989. The van der Waals surface area contributed by atoms with Gasteiger partial charge in [-0.1, -0.05) is 11.6 Å². The van der Waals surface area contributed by atoms with Gasteiger partial charge in [-0.05, 0) is 38.5 Å². The first-order valence-electron chi connectivity index (χ1n) is 9.21. The van der Waals surface area contributed by atoms with Crippen LogP contribution in [0.15, 0.2) is 33.8 Å². The lowest BCUT2D eigenvalue weighted by atomic mass is 10.2. The zero-order valence-corrected chi connectivity index (χ0v) is 17.8. The number of nitriles is 1. The molecule has 0 aliphatic heterocycles. The molecule has 0 aromatic carbocycles. The number of aromatic amines is 1. The molecule has 9 nitrogen and oxygen atoms in total. The van der Waals surface area contributed by atoms with Crippen LogP contribution in [-0.4, -0.2) is 28.0 Å². The molecule has 0 bridgehead atoms. The number of amides is 1. The van der Waals surface area contributed by atoms with E-state index in [1.54, 1.807) is 30.5 Å². The van der Waals surface area contributed by atoms with Gasteiger partial charge in [-0.15, -0.1) is 0 Å². The van der Waals surface area contributed by atoms with Crippen molar-refractivity contribution in [2.75, 3.05) is 11.9 Å². The predicted octanol–water partition coefficient (Wildman–Crippen LogP) is 3.06. The molecular formula is C21H19ClN4O5. The van der Waals surface area contributed by atoms with E-state index in [0.717, 1.165) is 5.69 Å². The van der Waals surface area contributed by atoms with Gasteiger partial charge in [0.2, 0.25) is 5.43 Å². The predicted molar refractivity (Wildman–Crippen MR) is 112 cm³/mol. The summed E-state index contributed by atoms with van der Waals surface area (Å²) in [7, 11) is 0. The lowest BCUT2D eigenvalue weighted by Gasteiger charge is -2.12. The van der Waals surface area contributed by atoms with Crippen molar-refractivity contribution in [3.63, 3.8) is 0 Å². The van der Waals surface area contributed by atoms with Crippen molar-refractivity contribution < 1.29 is 18.7 Å². The van der Waals surface area contributed by atoms with E-state index < -0.39 is 23.9 Å². The van der Waals surface area contributed by atoms with Gasteiger partial charge in [-0.25, -0.2) is 4.79 Å². The first-order chi connectivity index (χ1) is 14.7. The number of anilines is 1. The summed E-state index contributed by atoms with van der Waals surface area (Å²) in [6.07, 6.45) is 2.71. The summed E-state index contributed by atoms with van der Waals surface area (Å²) in [5.74, 6) is -0.749. The van der Waals surface area contributed by atoms with Crippen molar-refractivity contribution in [2.24, 2.45) is 0 Å². The van der Waals surface area contributed by atoms with Crippen LogP contribution < -0.4 is 10.7 Å². The number of rotatable bonds is 6. The summed E-state index contributed by atoms with van der Waals surface area (Å²) in [4.78, 5) is 39.4. The highest BCUT2D eigenvalue weighted by atomic mass is 35.5. The largest absolute Gasteiger partial charge is 0.467 e. The molecule has 0 saturated heterocycles. The Balaban J connectivity index is 1.77. The monoisotopic (exact) mass is 442 g/mol. The Kier molecular flexibility index (Phi) is 6.32. The summed E-state index contributed by atoms with van der Waals surface area (Å²) in [5.41, 5.74) is 1.20.